The van der Waals surface area contributed by atoms with Gasteiger partial charge in [0, 0.05) is 0 Å². The molecule has 1 unspecified atom stereocenters. The molecule has 1 fully saturated rings. The SMILES string of the molecule is N#CC1CS(=O)(=O)CC1(F)F. The van der Waals surface area contributed by atoms with Gasteiger partial charge in [0.05, 0.1) is 11.8 Å². The van der Waals surface area contributed by atoms with Gasteiger partial charge in [-0.05, 0) is 0 Å². The number of hydrogen-bond donors (Lipinski definition) is 0. The fraction of sp³-hybridized carbons (Fsp3) is 0.800. The first-order valence-electron chi connectivity index (χ1n) is 2.85. The quantitative estimate of drug-likeness (QED) is 0.536. The molecular formula is C5H5F2NO2S. The highest BCUT2D eigenvalue weighted by Gasteiger charge is 2.52. The third kappa shape index (κ3) is 1.48. The molecule has 6 heteroatoms. The Bertz CT molecular complexity index is 303. The summed E-state index contributed by atoms with van der Waals surface area (Å²) in [6.07, 6.45) is 0. The molecule has 11 heavy (non-hydrogen) atoms. The summed E-state index contributed by atoms with van der Waals surface area (Å²) in [5, 5.41) is 8.14. The smallest absolute Gasteiger partial charge is 0.229 e. The second-order valence-electron chi connectivity index (χ2n) is 2.50. The Morgan fingerprint density at radius 1 is 1.55 bits per heavy atom. The fourth-order valence-electron chi connectivity index (χ4n) is 0.960. The molecule has 0 aliphatic carbocycles. The van der Waals surface area contributed by atoms with Gasteiger partial charge in [-0.15, -0.1) is 0 Å². The minimum atomic E-state index is -3.69. The van der Waals surface area contributed by atoms with Gasteiger partial charge in [0.15, 0.2) is 9.84 Å². The molecule has 1 aliphatic rings. The van der Waals surface area contributed by atoms with Crippen molar-refractivity contribution >= 4 is 9.84 Å². The molecule has 0 N–H and O–H groups in total. The zero-order valence-electron chi connectivity index (χ0n) is 5.42. The highest BCUT2D eigenvalue weighted by molar-refractivity contribution is 7.91. The van der Waals surface area contributed by atoms with Crippen molar-refractivity contribution < 1.29 is 17.2 Å². The van der Waals surface area contributed by atoms with Gasteiger partial charge in [-0.3, -0.25) is 0 Å². The number of halogens is 2. The molecule has 1 heterocycles. The zero-order valence-corrected chi connectivity index (χ0v) is 6.24. The Kier molecular flexibility index (Phi) is 1.63. The third-order valence-corrected chi connectivity index (χ3v) is 3.16. The van der Waals surface area contributed by atoms with E-state index in [1.807, 2.05) is 0 Å². The van der Waals surface area contributed by atoms with E-state index in [0.717, 1.165) is 0 Å². The molecule has 0 radical (unpaired) electrons. The summed E-state index contributed by atoms with van der Waals surface area (Å²) >= 11 is 0. The van der Waals surface area contributed by atoms with Gasteiger partial charge >= 0.3 is 0 Å². The van der Waals surface area contributed by atoms with Crippen LogP contribution in [0.25, 0.3) is 0 Å². The van der Waals surface area contributed by atoms with Gasteiger partial charge in [0.1, 0.15) is 11.7 Å². The van der Waals surface area contributed by atoms with E-state index in [-0.39, 0.29) is 0 Å². The van der Waals surface area contributed by atoms with E-state index in [2.05, 4.69) is 0 Å². The van der Waals surface area contributed by atoms with Crippen molar-refractivity contribution in [3.8, 4) is 6.07 Å². The summed E-state index contributed by atoms with van der Waals surface area (Å²) in [5.41, 5.74) is 0. The van der Waals surface area contributed by atoms with Crippen LogP contribution in [0.5, 0.6) is 0 Å². The van der Waals surface area contributed by atoms with Crippen LogP contribution in [0.3, 0.4) is 0 Å². The predicted molar refractivity (Wildman–Crippen MR) is 32.7 cm³/mol. The van der Waals surface area contributed by atoms with Crippen molar-refractivity contribution in [2.24, 2.45) is 5.92 Å². The maximum atomic E-state index is 12.5. The fourth-order valence-corrected chi connectivity index (χ4v) is 2.69. The summed E-state index contributed by atoms with van der Waals surface area (Å²) in [7, 11) is -3.69. The average molecular weight is 181 g/mol. The molecule has 1 saturated heterocycles. The van der Waals surface area contributed by atoms with Crippen LogP contribution in [0.15, 0.2) is 0 Å². The average Bonchev–Trinajstić information content (AvgIpc) is 1.99. The lowest BCUT2D eigenvalue weighted by atomic mass is 10.1. The van der Waals surface area contributed by atoms with Crippen LogP contribution in [-0.4, -0.2) is 25.8 Å². The Labute approximate surface area is 62.5 Å². The topological polar surface area (TPSA) is 57.9 Å². The molecule has 1 atom stereocenters. The second kappa shape index (κ2) is 2.14. The summed E-state index contributed by atoms with van der Waals surface area (Å²) in [6.45, 7) is 0. The minimum absolute atomic E-state index is 0.712. The van der Waals surface area contributed by atoms with Crippen molar-refractivity contribution in [1.29, 1.82) is 5.26 Å². The molecule has 0 aromatic heterocycles. The van der Waals surface area contributed by atoms with Gasteiger partial charge in [-0.25, -0.2) is 17.2 Å². The standard InChI is InChI=1S/C5H5F2NO2S/c6-5(7)3-11(9,10)2-4(5)1-8/h4H,2-3H2. The van der Waals surface area contributed by atoms with E-state index in [4.69, 9.17) is 5.26 Å². The maximum Gasteiger partial charge on any atom is 0.278 e. The molecule has 1 rings (SSSR count). The lowest BCUT2D eigenvalue weighted by Crippen LogP contribution is -2.24. The third-order valence-electron chi connectivity index (χ3n) is 1.50. The summed E-state index contributed by atoms with van der Waals surface area (Å²) in [6, 6.07) is 1.28. The Balaban J connectivity index is 3.00. The first-order valence-corrected chi connectivity index (χ1v) is 4.67. The monoisotopic (exact) mass is 181 g/mol. The van der Waals surface area contributed by atoms with Crippen LogP contribution in [0.2, 0.25) is 0 Å². The van der Waals surface area contributed by atoms with Crippen LogP contribution < -0.4 is 0 Å². The molecule has 0 aromatic rings. The van der Waals surface area contributed by atoms with Crippen molar-refractivity contribution in [1.82, 2.24) is 0 Å². The van der Waals surface area contributed by atoms with Gasteiger partial charge in [0.2, 0.25) is 0 Å². The molecule has 62 valence electrons. The molecule has 0 bridgehead atoms. The lowest BCUT2D eigenvalue weighted by Gasteiger charge is -2.07. The van der Waals surface area contributed by atoms with Gasteiger partial charge in [-0.2, -0.15) is 5.26 Å². The number of rotatable bonds is 0. The summed E-state index contributed by atoms with van der Waals surface area (Å²) < 4.78 is 46.2. The molecule has 0 spiro atoms. The molecule has 0 aromatic carbocycles. The van der Waals surface area contributed by atoms with Crippen LogP contribution in [0.4, 0.5) is 8.78 Å². The van der Waals surface area contributed by atoms with Crippen molar-refractivity contribution in [2.45, 2.75) is 5.92 Å². The first kappa shape index (κ1) is 8.40. The van der Waals surface area contributed by atoms with Crippen molar-refractivity contribution in [2.75, 3.05) is 11.5 Å². The second-order valence-corrected chi connectivity index (χ2v) is 4.61. The predicted octanol–water partition coefficient (Wildman–Crippen LogP) is 0.190. The van der Waals surface area contributed by atoms with Gasteiger partial charge in [0.25, 0.3) is 5.92 Å². The first-order chi connectivity index (χ1) is 4.87. The Hall–Kier alpha value is -0.700. The number of hydrogen-bond acceptors (Lipinski definition) is 3. The van der Waals surface area contributed by atoms with Crippen molar-refractivity contribution in [3.05, 3.63) is 0 Å². The molecule has 3 nitrogen and oxygen atoms in total. The lowest BCUT2D eigenvalue weighted by molar-refractivity contribution is 0.00217. The van der Waals surface area contributed by atoms with E-state index in [9.17, 15) is 17.2 Å². The number of nitriles is 1. The highest BCUT2D eigenvalue weighted by Crippen LogP contribution is 2.33. The maximum absolute atomic E-state index is 12.5. The van der Waals surface area contributed by atoms with E-state index in [1.54, 1.807) is 0 Å². The molecule has 1 aliphatic heterocycles. The zero-order chi connectivity index (χ0) is 8.70. The molecular weight excluding hydrogens is 176 g/mol. The highest BCUT2D eigenvalue weighted by atomic mass is 32.2. The van der Waals surface area contributed by atoms with E-state index < -0.39 is 33.2 Å². The molecule has 0 saturated carbocycles. The number of nitrogens with zero attached hydrogens (tertiary/aromatic N) is 1. The number of sulfone groups is 1. The van der Waals surface area contributed by atoms with E-state index in [0.29, 0.717) is 0 Å². The van der Waals surface area contributed by atoms with Crippen LogP contribution in [-0.2, 0) is 9.84 Å². The van der Waals surface area contributed by atoms with E-state index in [1.165, 1.54) is 6.07 Å². The largest absolute Gasteiger partial charge is 0.278 e. The van der Waals surface area contributed by atoms with Crippen molar-refractivity contribution in [3.63, 3.8) is 0 Å². The normalized spacial score (nSPS) is 33.0. The van der Waals surface area contributed by atoms with Crippen LogP contribution in [0.1, 0.15) is 0 Å². The van der Waals surface area contributed by atoms with Crippen LogP contribution in [0, 0.1) is 17.2 Å². The Morgan fingerprint density at radius 3 is 2.27 bits per heavy atom. The summed E-state index contributed by atoms with van der Waals surface area (Å²) in [5.74, 6) is -6.91. The molecule has 0 amide bonds. The summed E-state index contributed by atoms with van der Waals surface area (Å²) in [4.78, 5) is 0. The van der Waals surface area contributed by atoms with Gasteiger partial charge in [-0.1, -0.05) is 0 Å². The minimum Gasteiger partial charge on any atom is -0.229 e. The Morgan fingerprint density at radius 2 is 2.09 bits per heavy atom. The van der Waals surface area contributed by atoms with Gasteiger partial charge < -0.3 is 0 Å². The van der Waals surface area contributed by atoms with E-state index >= 15 is 0 Å². The number of alkyl halides is 2. The van der Waals surface area contributed by atoms with Crippen LogP contribution >= 0.6 is 0 Å².